The van der Waals surface area contributed by atoms with Crippen molar-refractivity contribution in [1.29, 1.82) is 0 Å². The van der Waals surface area contributed by atoms with Crippen LogP contribution in [0.3, 0.4) is 0 Å². The molecule has 5 rings (SSSR count). The second kappa shape index (κ2) is 8.94. The summed E-state index contributed by atoms with van der Waals surface area (Å²) < 4.78 is 45.2. The molecule has 3 heterocycles. The van der Waals surface area contributed by atoms with E-state index in [0.717, 1.165) is 29.6 Å². The van der Waals surface area contributed by atoms with Gasteiger partial charge in [-0.05, 0) is 35.6 Å². The first kappa shape index (κ1) is 22.7. The van der Waals surface area contributed by atoms with Crippen molar-refractivity contribution in [2.45, 2.75) is 25.4 Å². The highest BCUT2D eigenvalue weighted by molar-refractivity contribution is 7.17. The molecule has 11 heteroatoms. The summed E-state index contributed by atoms with van der Waals surface area (Å²) in [5.41, 5.74) is 0.771. The van der Waals surface area contributed by atoms with Gasteiger partial charge in [-0.1, -0.05) is 36.3 Å². The molecule has 1 aromatic heterocycles. The molecule has 3 aliphatic rings. The molecule has 34 heavy (non-hydrogen) atoms. The molecule has 0 radical (unpaired) electrons. The highest BCUT2D eigenvalue weighted by atomic mass is 32.1. The zero-order valence-corrected chi connectivity index (χ0v) is 19.0. The fraction of sp³-hybridized carbons (Fsp3) is 0.435. The lowest BCUT2D eigenvalue weighted by Crippen LogP contribution is -2.35. The van der Waals surface area contributed by atoms with E-state index in [4.69, 9.17) is 4.74 Å². The Labute approximate surface area is 198 Å². The molecule has 1 aliphatic carbocycles. The third-order valence-corrected chi connectivity index (χ3v) is 7.17. The lowest BCUT2D eigenvalue weighted by molar-refractivity contribution is -0.138. The van der Waals surface area contributed by atoms with Crippen LogP contribution in [0.1, 0.15) is 35.2 Å². The van der Waals surface area contributed by atoms with Crippen molar-refractivity contribution in [3.05, 3.63) is 52.7 Å². The number of nitrogens with one attached hydrogen (secondary N) is 1. The highest BCUT2D eigenvalue weighted by Gasteiger charge is 2.38. The van der Waals surface area contributed by atoms with Crippen LogP contribution >= 0.6 is 11.3 Å². The molecule has 0 atom stereocenters. The summed E-state index contributed by atoms with van der Waals surface area (Å²) in [6, 6.07) is 4.88. The maximum absolute atomic E-state index is 13.3. The number of alkyl halides is 3. The maximum Gasteiger partial charge on any atom is 0.417 e. The van der Waals surface area contributed by atoms with Crippen LogP contribution in [0.4, 0.5) is 23.1 Å². The molecule has 0 spiro atoms. The first-order chi connectivity index (χ1) is 16.3. The third-order valence-electron chi connectivity index (χ3n) is 6.23. The van der Waals surface area contributed by atoms with Gasteiger partial charge in [0.15, 0.2) is 5.13 Å². The summed E-state index contributed by atoms with van der Waals surface area (Å²) in [5.74, 6) is 0.108. The zero-order valence-electron chi connectivity index (χ0n) is 18.2. The number of thiazole rings is 1. The standard InChI is InChI=1S/C23H23F3N4O3S/c24-23(25,26)18-4-2-1-3-17(18)20(31)29-10-15-12-30(13-16(15)11-29)21-28-9-19(34-21)33-22(32)27-8-7-14-5-6-14/h1-4,9,14H,5-8,10-13H2,(H,27,32). The van der Waals surface area contributed by atoms with Gasteiger partial charge in [-0.2, -0.15) is 13.2 Å². The SMILES string of the molecule is O=C(NCCC1CC1)Oc1cnc(N2CC3=C(CN(C(=O)c4ccccc4C(F)(F)F)C3)C2)s1. The van der Waals surface area contributed by atoms with Gasteiger partial charge in [-0.3, -0.25) is 4.79 Å². The van der Waals surface area contributed by atoms with Gasteiger partial charge in [0, 0.05) is 32.7 Å². The van der Waals surface area contributed by atoms with Crippen LogP contribution in [0, 0.1) is 5.92 Å². The van der Waals surface area contributed by atoms with Crippen molar-refractivity contribution in [3.8, 4) is 5.06 Å². The quantitative estimate of drug-likeness (QED) is 0.608. The van der Waals surface area contributed by atoms with Gasteiger partial charge in [0.25, 0.3) is 5.91 Å². The fourth-order valence-corrected chi connectivity index (χ4v) is 5.07. The molecule has 0 bridgehead atoms. The molecule has 2 amide bonds. The predicted octanol–water partition coefficient (Wildman–Crippen LogP) is 4.32. The molecule has 1 saturated carbocycles. The smallest absolute Gasteiger partial charge is 0.397 e. The summed E-state index contributed by atoms with van der Waals surface area (Å²) in [7, 11) is 0. The van der Waals surface area contributed by atoms with Crippen LogP contribution in [-0.2, 0) is 6.18 Å². The number of carbonyl (C=O) groups excluding carboxylic acids is 2. The van der Waals surface area contributed by atoms with Gasteiger partial charge in [0.1, 0.15) is 0 Å². The van der Waals surface area contributed by atoms with Crippen LogP contribution in [0.2, 0.25) is 0 Å². The van der Waals surface area contributed by atoms with E-state index in [0.29, 0.717) is 29.8 Å². The number of aromatic nitrogens is 1. The Kier molecular flexibility index (Phi) is 5.97. The first-order valence-corrected chi connectivity index (χ1v) is 11.9. The lowest BCUT2D eigenvalue weighted by Gasteiger charge is -2.23. The minimum absolute atomic E-state index is 0.287. The molecule has 1 aromatic carbocycles. The number of anilines is 1. The van der Waals surface area contributed by atoms with E-state index in [-0.39, 0.29) is 18.7 Å². The van der Waals surface area contributed by atoms with Gasteiger partial charge in [-0.25, -0.2) is 9.78 Å². The molecule has 2 aliphatic heterocycles. The minimum atomic E-state index is -4.59. The Morgan fingerprint density at radius 1 is 1.12 bits per heavy atom. The molecule has 2 aromatic rings. The molecular weight excluding hydrogens is 469 g/mol. The zero-order chi connectivity index (χ0) is 23.9. The molecule has 180 valence electrons. The van der Waals surface area contributed by atoms with Crippen molar-refractivity contribution >= 4 is 28.5 Å². The summed E-state index contributed by atoms with van der Waals surface area (Å²) >= 11 is 1.26. The number of rotatable bonds is 6. The summed E-state index contributed by atoms with van der Waals surface area (Å²) in [5, 5.41) is 3.83. The monoisotopic (exact) mass is 492 g/mol. The molecule has 1 N–H and O–H groups in total. The average Bonchev–Trinajstić information content (AvgIpc) is 3.16. The number of benzene rings is 1. The minimum Gasteiger partial charge on any atom is -0.397 e. The number of halogens is 3. The Balaban J connectivity index is 1.15. The van der Waals surface area contributed by atoms with Crippen LogP contribution in [-0.4, -0.2) is 54.6 Å². The van der Waals surface area contributed by atoms with Crippen molar-refractivity contribution in [3.63, 3.8) is 0 Å². The second-order valence-corrected chi connectivity index (χ2v) is 9.75. The van der Waals surface area contributed by atoms with Crippen LogP contribution < -0.4 is 15.0 Å². The fourth-order valence-electron chi connectivity index (χ4n) is 4.30. The third kappa shape index (κ3) is 4.89. The molecule has 0 unspecified atom stereocenters. The Morgan fingerprint density at radius 2 is 1.82 bits per heavy atom. The predicted molar refractivity (Wildman–Crippen MR) is 120 cm³/mol. The number of carbonyl (C=O) groups is 2. The molecule has 7 nitrogen and oxygen atoms in total. The first-order valence-electron chi connectivity index (χ1n) is 11.1. The van der Waals surface area contributed by atoms with Crippen LogP contribution in [0.5, 0.6) is 5.06 Å². The number of amides is 2. The normalized spacial score (nSPS) is 17.9. The van der Waals surface area contributed by atoms with Gasteiger partial charge in [0.2, 0.25) is 5.06 Å². The van der Waals surface area contributed by atoms with Crippen LogP contribution in [0.25, 0.3) is 0 Å². The lowest BCUT2D eigenvalue weighted by atomic mass is 10.1. The van der Waals surface area contributed by atoms with Crippen LogP contribution in [0.15, 0.2) is 41.6 Å². The van der Waals surface area contributed by atoms with Crippen molar-refractivity contribution < 1.29 is 27.5 Å². The van der Waals surface area contributed by atoms with Gasteiger partial charge >= 0.3 is 12.3 Å². The van der Waals surface area contributed by atoms with Gasteiger partial charge < -0.3 is 19.9 Å². The van der Waals surface area contributed by atoms with E-state index in [2.05, 4.69) is 10.3 Å². The number of hydrogen-bond donors (Lipinski definition) is 1. The molecular formula is C23H23F3N4O3S. The Bertz CT molecular complexity index is 1120. The van der Waals surface area contributed by atoms with E-state index < -0.39 is 23.7 Å². The number of hydrogen-bond acceptors (Lipinski definition) is 6. The van der Waals surface area contributed by atoms with Crippen molar-refractivity contribution in [1.82, 2.24) is 15.2 Å². The highest BCUT2D eigenvalue weighted by Crippen LogP contribution is 2.37. The van der Waals surface area contributed by atoms with E-state index >= 15 is 0 Å². The van der Waals surface area contributed by atoms with E-state index in [1.165, 1.54) is 53.5 Å². The molecule has 1 fully saturated rings. The Hall–Kier alpha value is -3.08. The summed E-state index contributed by atoms with van der Waals surface area (Å²) in [6.45, 7) is 2.23. The Morgan fingerprint density at radius 3 is 2.50 bits per heavy atom. The summed E-state index contributed by atoms with van der Waals surface area (Å²) in [6.07, 6.45) is -0.141. The van der Waals surface area contributed by atoms with E-state index in [1.54, 1.807) is 0 Å². The van der Waals surface area contributed by atoms with Gasteiger partial charge in [-0.15, -0.1) is 0 Å². The van der Waals surface area contributed by atoms with Crippen molar-refractivity contribution in [2.75, 3.05) is 37.6 Å². The topological polar surface area (TPSA) is 74.8 Å². The number of ether oxygens (including phenoxy) is 1. The van der Waals surface area contributed by atoms with E-state index in [9.17, 15) is 22.8 Å². The summed E-state index contributed by atoms with van der Waals surface area (Å²) in [4.78, 5) is 32.6. The molecule has 0 saturated heterocycles. The number of nitrogens with zero attached hydrogens (tertiary/aromatic N) is 3. The maximum atomic E-state index is 13.3. The largest absolute Gasteiger partial charge is 0.417 e. The second-order valence-electron chi connectivity index (χ2n) is 8.78. The average molecular weight is 493 g/mol. The van der Waals surface area contributed by atoms with Gasteiger partial charge in [0.05, 0.1) is 17.3 Å². The van der Waals surface area contributed by atoms with Crippen molar-refractivity contribution in [2.24, 2.45) is 5.92 Å². The van der Waals surface area contributed by atoms with E-state index in [1.807, 2.05) is 4.90 Å².